The van der Waals surface area contributed by atoms with Gasteiger partial charge in [0.2, 0.25) is 0 Å². The molecule has 1 saturated heterocycles. The Morgan fingerprint density at radius 2 is 1.88 bits per heavy atom. The van der Waals surface area contributed by atoms with Gasteiger partial charge in [-0.25, -0.2) is 14.8 Å². The van der Waals surface area contributed by atoms with Crippen LogP contribution in [0.5, 0.6) is 0 Å². The number of piperidine rings is 1. The summed E-state index contributed by atoms with van der Waals surface area (Å²) in [4.78, 5) is 34.8. The van der Waals surface area contributed by atoms with E-state index in [0.717, 1.165) is 31.5 Å². The molecule has 2 aliphatic rings. The summed E-state index contributed by atoms with van der Waals surface area (Å²) in [5.74, 6) is 1.19. The van der Waals surface area contributed by atoms with Gasteiger partial charge in [-0.05, 0) is 31.7 Å². The topological polar surface area (TPSA) is 87.2 Å². The number of urea groups is 1. The Balaban J connectivity index is 1.59. The molecule has 0 spiro atoms. The molecular formula is C17H25N5O2. The molecule has 2 heterocycles. The fourth-order valence-corrected chi connectivity index (χ4v) is 3.52. The van der Waals surface area contributed by atoms with Crippen LogP contribution in [0.4, 0.5) is 4.79 Å². The van der Waals surface area contributed by atoms with Gasteiger partial charge in [0.1, 0.15) is 11.5 Å². The number of hydrogen-bond acceptors (Lipinski definition) is 4. The van der Waals surface area contributed by atoms with Gasteiger partial charge in [0.25, 0.3) is 5.91 Å². The van der Waals surface area contributed by atoms with Crippen LogP contribution in [0.1, 0.15) is 60.8 Å². The molecule has 7 heteroatoms. The smallest absolute Gasteiger partial charge is 0.314 e. The van der Waals surface area contributed by atoms with Crippen molar-refractivity contribution >= 4 is 11.9 Å². The van der Waals surface area contributed by atoms with E-state index >= 15 is 0 Å². The number of aromatic nitrogens is 2. The first-order chi connectivity index (χ1) is 11.7. The maximum absolute atomic E-state index is 12.7. The molecule has 1 aliphatic heterocycles. The van der Waals surface area contributed by atoms with Crippen LogP contribution in [0.15, 0.2) is 12.3 Å². The maximum atomic E-state index is 12.7. The molecule has 7 nitrogen and oxygen atoms in total. The molecular weight excluding hydrogens is 306 g/mol. The molecule has 3 rings (SSSR count). The molecule has 0 bridgehead atoms. The molecule has 130 valence electrons. The molecule has 0 unspecified atom stereocenters. The lowest BCUT2D eigenvalue weighted by atomic mass is 10.0. The van der Waals surface area contributed by atoms with Gasteiger partial charge in [-0.2, -0.15) is 0 Å². The quantitative estimate of drug-likeness (QED) is 0.882. The minimum absolute atomic E-state index is 0.0324. The molecule has 3 amide bonds. The predicted molar refractivity (Wildman–Crippen MR) is 89.8 cm³/mol. The first kappa shape index (κ1) is 16.7. The Labute approximate surface area is 142 Å². The number of likely N-dealkylation sites (tertiary alicyclic amines) is 1. The van der Waals surface area contributed by atoms with Crippen LogP contribution in [0.3, 0.4) is 0 Å². The van der Waals surface area contributed by atoms with Gasteiger partial charge in [0, 0.05) is 38.3 Å². The number of amides is 3. The highest BCUT2D eigenvalue weighted by Crippen LogP contribution is 2.31. The first-order valence-corrected chi connectivity index (χ1v) is 8.78. The van der Waals surface area contributed by atoms with Crippen molar-refractivity contribution in [3.8, 4) is 0 Å². The van der Waals surface area contributed by atoms with Crippen LogP contribution < -0.4 is 10.6 Å². The second kappa shape index (κ2) is 7.59. The van der Waals surface area contributed by atoms with Gasteiger partial charge in [0.15, 0.2) is 0 Å². The van der Waals surface area contributed by atoms with Crippen molar-refractivity contribution < 1.29 is 9.59 Å². The average molecular weight is 331 g/mol. The highest BCUT2D eigenvalue weighted by molar-refractivity contribution is 5.92. The monoisotopic (exact) mass is 331 g/mol. The van der Waals surface area contributed by atoms with E-state index < -0.39 is 0 Å². The normalized spacial score (nSPS) is 19.3. The molecule has 24 heavy (non-hydrogen) atoms. The molecule has 0 radical (unpaired) electrons. The number of rotatable bonds is 3. The fraction of sp³-hybridized carbons (Fsp3) is 0.647. The number of carbonyl (C=O) groups excluding carboxylic acids is 2. The van der Waals surface area contributed by atoms with Crippen LogP contribution in [-0.4, -0.2) is 53.0 Å². The van der Waals surface area contributed by atoms with Crippen molar-refractivity contribution in [2.45, 2.75) is 50.5 Å². The summed E-state index contributed by atoms with van der Waals surface area (Å²) in [6.07, 6.45) is 7.91. The molecule has 0 aromatic carbocycles. The van der Waals surface area contributed by atoms with E-state index in [1.54, 1.807) is 19.3 Å². The lowest BCUT2D eigenvalue weighted by Crippen LogP contribution is -2.48. The standard InChI is InChI=1S/C17H25N5O2/c1-18-17(24)20-13-7-10-22(11-8-13)16(23)14-6-9-19-15(21-14)12-4-2-3-5-12/h6,9,12-13H,2-5,7-8,10-11H2,1H3,(H2,18,20,24). The molecule has 1 aromatic heterocycles. The van der Waals surface area contributed by atoms with E-state index in [1.807, 2.05) is 4.90 Å². The highest BCUT2D eigenvalue weighted by Gasteiger charge is 2.26. The summed E-state index contributed by atoms with van der Waals surface area (Å²) in [6, 6.07) is 1.65. The predicted octanol–water partition coefficient (Wildman–Crippen LogP) is 1.67. The third-order valence-electron chi connectivity index (χ3n) is 4.96. The Bertz CT molecular complexity index is 592. The largest absolute Gasteiger partial charge is 0.341 e. The number of hydrogen-bond donors (Lipinski definition) is 2. The van der Waals surface area contributed by atoms with Crippen molar-refractivity contribution in [3.05, 3.63) is 23.8 Å². The van der Waals surface area contributed by atoms with E-state index in [4.69, 9.17) is 0 Å². The van der Waals surface area contributed by atoms with E-state index in [1.165, 1.54) is 12.8 Å². The van der Waals surface area contributed by atoms with Gasteiger partial charge < -0.3 is 15.5 Å². The van der Waals surface area contributed by atoms with Crippen molar-refractivity contribution in [2.24, 2.45) is 0 Å². The Morgan fingerprint density at radius 3 is 2.54 bits per heavy atom. The third-order valence-corrected chi connectivity index (χ3v) is 4.96. The SMILES string of the molecule is CNC(=O)NC1CCN(C(=O)c2ccnc(C3CCCC3)n2)CC1. The van der Waals surface area contributed by atoms with E-state index in [2.05, 4.69) is 20.6 Å². The van der Waals surface area contributed by atoms with Crippen LogP contribution in [-0.2, 0) is 0 Å². The number of nitrogens with one attached hydrogen (secondary N) is 2. The maximum Gasteiger partial charge on any atom is 0.314 e. The number of nitrogens with zero attached hydrogens (tertiary/aromatic N) is 3. The van der Waals surface area contributed by atoms with Gasteiger partial charge in [-0.1, -0.05) is 12.8 Å². The molecule has 2 N–H and O–H groups in total. The molecule has 1 aliphatic carbocycles. The summed E-state index contributed by atoms with van der Waals surface area (Å²) in [7, 11) is 1.60. The zero-order valence-corrected chi connectivity index (χ0v) is 14.1. The Hall–Kier alpha value is -2.18. The summed E-state index contributed by atoms with van der Waals surface area (Å²) in [5.41, 5.74) is 0.490. The van der Waals surface area contributed by atoms with Gasteiger partial charge in [0.05, 0.1) is 0 Å². The Kier molecular flexibility index (Phi) is 5.27. The summed E-state index contributed by atoms with van der Waals surface area (Å²) < 4.78 is 0. The van der Waals surface area contributed by atoms with E-state index in [9.17, 15) is 9.59 Å². The van der Waals surface area contributed by atoms with Crippen LogP contribution >= 0.6 is 0 Å². The zero-order chi connectivity index (χ0) is 16.9. The van der Waals surface area contributed by atoms with E-state index in [0.29, 0.717) is 24.7 Å². The zero-order valence-electron chi connectivity index (χ0n) is 14.1. The second-order valence-electron chi connectivity index (χ2n) is 6.57. The minimum atomic E-state index is -0.170. The average Bonchev–Trinajstić information content (AvgIpc) is 3.16. The summed E-state index contributed by atoms with van der Waals surface area (Å²) >= 11 is 0. The van der Waals surface area contributed by atoms with Crippen molar-refractivity contribution in [3.63, 3.8) is 0 Å². The second-order valence-corrected chi connectivity index (χ2v) is 6.57. The van der Waals surface area contributed by atoms with Crippen molar-refractivity contribution in [1.29, 1.82) is 0 Å². The lowest BCUT2D eigenvalue weighted by Gasteiger charge is -2.32. The molecule has 1 aromatic rings. The van der Waals surface area contributed by atoms with Crippen LogP contribution in [0.2, 0.25) is 0 Å². The molecule has 2 fully saturated rings. The number of carbonyl (C=O) groups is 2. The third kappa shape index (κ3) is 3.83. The van der Waals surface area contributed by atoms with Crippen LogP contribution in [0, 0.1) is 0 Å². The summed E-state index contributed by atoms with van der Waals surface area (Å²) in [6.45, 7) is 1.27. The van der Waals surface area contributed by atoms with Gasteiger partial charge in [-0.15, -0.1) is 0 Å². The van der Waals surface area contributed by atoms with Crippen molar-refractivity contribution in [2.75, 3.05) is 20.1 Å². The fourth-order valence-electron chi connectivity index (χ4n) is 3.52. The first-order valence-electron chi connectivity index (χ1n) is 8.78. The Morgan fingerprint density at radius 1 is 1.17 bits per heavy atom. The summed E-state index contributed by atoms with van der Waals surface area (Å²) in [5, 5.41) is 5.46. The molecule has 0 atom stereocenters. The van der Waals surface area contributed by atoms with Gasteiger partial charge >= 0.3 is 6.03 Å². The van der Waals surface area contributed by atoms with Gasteiger partial charge in [-0.3, -0.25) is 4.79 Å². The van der Waals surface area contributed by atoms with E-state index in [-0.39, 0.29) is 18.0 Å². The highest BCUT2D eigenvalue weighted by atomic mass is 16.2. The molecule has 1 saturated carbocycles. The minimum Gasteiger partial charge on any atom is -0.341 e. The lowest BCUT2D eigenvalue weighted by molar-refractivity contribution is 0.0701. The van der Waals surface area contributed by atoms with Crippen LogP contribution in [0.25, 0.3) is 0 Å². The van der Waals surface area contributed by atoms with Crippen molar-refractivity contribution in [1.82, 2.24) is 25.5 Å².